The Kier molecular flexibility index (Phi) is 5.37. The minimum absolute atomic E-state index is 0.0865. The molecule has 2 N–H and O–H groups in total. The third-order valence-electron chi connectivity index (χ3n) is 4.33. The second-order valence-corrected chi connectivity index (χ2v) is 6.34. The fraction of sp³-hybridized carbons (Fsp3) is 0.238. The third-order valence-corrected chi connectivity index (χ3v) is 4.33. The van der Waals surface area contributed by atoms with Crippen LogP contribution in [0.3, 0.4) is 0 Å². The van der Waals surface area contributed by atoms with E-state index in [1.54, 1.807) is 7.11 Å². The lowest BCUT2D eigenvalue weighted by Crippen LogP contribution is -2.26. The summed E-state index contributed by atoms with van der Waals surface area (Å²) in [5.41, 5.74) is 3.34. The number of carbonyl (C=O) groups is 1. The molecule has 0 bridgehead atoms. The van der Waals surface area contributed by atoms with E-state index in [2.05, 4.69) is 10.3 Å². The number of benzene rings is 2. The average Bonchev–Trinajstić information content (AvgIpc) is 2.65. The summed E-state index contributed by atoms with van der Waals surface area (Å²) in [4.78, 5) is 27.1. The largest absolute Gasteiger partial charge is 0.497 e. The van der Waals surface area contributed by atoms with Crippen molar-refractivity contribution in [3.63, 3.8) is 0 Å². The molecule has 1 amide bonds. The summed E-state index contributed by atoms with van der Waals surface area (Å²) in [5, 5.41) is 3.79. The van der Waals surface area contributed by atoms with Gasteiger partial charge in [-0.15, -0.1) is 0 Å². The van der Waals surface area contributed by atoms with Crippen LogP contribution in [-0.2, 0) is 17.8 Å². The number of rotatable bonds is 6. The monoisotopic (exact) mass is 350 g/mol. The van der Waals surface area contributed by atoms with Crippen molar-refractivity contribution in [2.45, 2.75) is 26.3 Å². The number of hydrogen-bond donors (Lipinski definition) is 2. The highest BCUT2D eigenvalue weighted by Gasteiger charge is 2.07. The first-order valence-electron chi connectivity index (χ1n) is 8.57. The number of ether oxygens (including phenoxy) is 1. The Balaban J connectivity index is 1.61. The van der Waals surface area contributed by atoms with Crippen LogP contribution in [0.25, 0.3) is 10.9 Å². The Morgan fingerprint density at radius 2 is 2.00 bits per heavy atom. The fourth-order valence-electron chi connectivity index (χ4n) is 2.87. The predicted molar refractivity (Wildman–Crippen MR) is 102 cm³/mol. The van der Waals surface area contributed by atoms with Crippen LogP contribution < -0.4 is 15.6 Å². The molecule has 0 unspecified atom stereocenters. The lowest BCUT2D eigenvalue weighted by molar-refractivity contribution is -0.121. The Labute approximate surface area is 152 Å². The van der Waals surface area contributed by atoms with Crippen LogP contribution in [0.4, 0.5) is 0 Å². The van der Waals surface area contributed by atoms with Crippen LogP contribution in [-0.4, -0.2) is 18.0 Å². The lowest BCUT2D eigenvalue weighted by atomic mass is 10.1. The zero-order valence-corrected chi connectivity index (χ0v) is 15.0. The summed E-state index contributed by atoms with van der Waals surface area (Å²) in [6, 6.07) is 15.4. The number of methoxy groups -OCH3 is 1. The van der Waals surface area contributed by atoms with E-state index in [9.17, 15) is 9.59 Å². The van der Waals surface area contributed by atoms with Gasteiger partial charge in [-0.1, -0.05) is 23.8 Å². The number of nitrogens with one attached hydrogen (secondary N) is 2. The molecular formula is C21H22N2O3. The number of hydrogen-bond acceptors (Lipinski definition) is 3. The molecule has 0 atom stereocenters. The van der Waals surface area contributed by atoms with Gasteiger partial charge in [-0.05, 0) is 54.6 Å². The molecular weight excluding hydrogens is 328 g/mol. The topological polar surface area (TPSA) is 71.2 Å². The molecule has 0 spiro atoms. The normalized spacial score (nSPS) is 10.7. The Hall–Kier alpha value is -3.08. The van der Waals surface area contributed by atoms with Crippen LogP contribution in [0.1, 0.15) is 23.1 Å². The smallest absolute Gasteiger partial charge is 0.253 e. The van der Waals surface area contributed by atoms with E-state index >= 15 is 0 Å². The highest BCUT2D eigenvalue weighted by Crippen LogP contribution is 2.14. The van der Waals surface area contributed by atoms with Gasteiger partial charge in [0.2, 0.25) is 5.91 Å². The van der Waals surface area contributed by atoms with Gasteiger partial charge in [0.05, 0.1) is 7.11 Å². The van der Waals surface area contributed by atoms with E-state index in [1.165, 1.54) is 0 Å². The molecule has 134 valence electrons. The molecule has 0 aliphatic rings. The van der Waals surface area contributed by atoms with Gasteiger partial charge < -0.3 is 15.0 Å². The van der Waals surface area contributed by atoms with E-state index in [1.807, 2.05) is 55.5 Å². The SMILES string of the molecule is COc1cccc(CCC(=O)NCc2cc3cc(C)ccc3[nH]c2=O)c1. The van der Waals surface area contributed by atoms with E-state index in [0.717, 1.165) is 27.8 Å². The molecule has 0 fully saturated rings. The van der Waals surface area contributed by atoms with Gasteiger partial charge in [-0.3, -0.25) is 9.59 Å². The van der Waals surface area contributed by atoms with Crippen molar-refractivity contribution >= 4 is 16.8 Å². The summed E-state index contributed by atoms with van der Waals surface area (Å²) in [5.74, 6) is 0.692. The minimum Gasteiger partial charge on any atom is -0.497 e. The van der Waals surface area contributed by atoms with Crippen molar-refractivity contribution < 1.29 is 9.53 Å². The predicted octanol–water partition coefficient (Wildman–Crippen LogP) is 3.09. The molecule has 3 aromatic rings. The number of aryl methyl sites for hydroxylation is 2. The average molecular weight is 350 g/mol. The number of carbonyl (C=O) groups excluding carboxylic acids is 1. The zero-order chi connectivity index (χ0) is 18.5. The first kappa shape index (κ1) is 17.7. The molecule has 1 heterocycles. The fourth-order valence-corrected chi connectivity index (χ4v) is 2.87. The van der Waals surface area contributed by atoms with Gasteiger partial charge in [0.25, 0.3) is 5.56 Å². The second-order valence-electron chi connectivity index (χ2n) is 6.34. The molecule has 26 heavy (non-hydrogen) atoms. The highest BCUT2D eigenvalue weighted by atomic mass is 16.5. The summed E-state index contributed by atoms with van der Waals surface area (Å²) in [6.45, 7) is 2.22. The number of pyridine rings is 1. The summed E-state index contributed by atoms with van der Waals surface area (Å²) in [7, 11) is 1.62. The second kappa shape index (κ2) is 7.87. The molecule has 0 saturated carbocycles. The van der Waals surface area contributed by atoms with Gasteiger partial charge in [0.15, 0.2) is 0 Å². The maximum Gasteiger partial charge on any atom is 0.253 e. The molecule has 0 saturated heterocycles. The van der Waals surface area contributed by atoms with Gasteiger partial charge in [-0.25, -0.2) is 0 Å². The Morgan fingerprint density at radius 3 is 2.81 bits per heavy atom. The van der Waals surface area contributed by atoms with E-state index in [-0.39, 0.29) is 18.0 Å². The maximum atomic E-state index is 12.2. The molecule has 1 aromatic heterocycles. The summed E-state index contributed by atoms with van der Waals surface area (Å²) in [6.07, 6.45) is 0.980. The molecule has 5 heteroatoms. The molecule has 3 rings (SSSR count). The van der Waals surface area contributed by atoms with E-state index < -0.39 is 0 Å². The summed E-state index contributed by atoms with van der Waals surface area (Å²) >= 11 is 0. The van der Waals surface area contributed by atoms with Crippen LogP contribution in [0, 0.1) is 6.92 Å². The van der Waals surface area contributed by atoms with Gasteiger partial charge in [-0.2, -0.15) is 0 Å². The Bertz CT molecular complexity index is 992. The van der Waals surface area contributed by atoms with E-state index in [0.29, 0.717) is 18.4 Å². The van der Waals surface area contributed by atoms with Crippen molar-refractivity contribution in [1.82, 2.24) is 10.3 Å². The highest BCUT2D eigenvalue weighted by molar-refractivity contribution is 5.80. The van der Waals surface area contributed by atoms with Gasteiger partial charge >= 0.3 is 0 Å². The first-order chi connectivity index (χ1) is 12.5. The molecule has 0 aliphatic heterocycles. The van der Waals surface area contributed by atoms with Crippen molar-refractivity contribution in [1.29, 1.82) is 0 Å². The van der Waals surface area contributed by atoms with Crippen molar-refractivity contribution in [2.24, 2.45) is 0 Å². The first-order valence-corrected chi connectivity index (χ1v) is 8.57. The molecule has 0 radical (unpaired) electrons. The number of fused-ring (bicyclic) bond motifs is 1. The van der Waals surface area contributed by atoms with E-state index in [4.69, 9.17) is 4.74 Å². The third kappa shape index (κ3) is 4.30. The van der Waals surface area contributed by atoms with Gasteiger partial charge in [0, 0.05) is 24.0 Å². The Morgan fingerprint density at radius 1 is 1.15 bits per heavy atom. The zero-order valence-electron chi connectivity index (χ0n) is 15.0. The van der Waals surface area contributed by atoms with Crippen LogP contribution >= 0.6 is 0 Å². The molecule has 2 aromatic carbocycles. The number of aromatic amines is 1. The summed E-state index contributed by atoms with van der Waals surface area (Å²) < 4.78 is 5.18. The van der Waals surface area contributed by atoms with Crippen LogP contribution in [0.5, 0.6) is 5.75 Å². The molecule has 0 aliphatic carbocycles. The number of aromatic nitrogens is 1. The number of amides is 1. The molecule has 5 nitrogen and oxygen atoms in total. The lowest BCUT2D eigenvalue weighted by Gasteiger charge is -2.07. The standard InChI is InChI=1S/C21H22N2O3/c1-14-6-8-19-16(10-14)12-17(21(25)23-19)13-22-20(24)9-7-15-4-3-5-18(11-15)26-2/h3-6,8,10-12H,7,9,13H2,1-2H3,(H,22,24)(H,23,25). The number of H-pyrrole nitrogens is 1. The van der Waals surface area contributed by atoms with Crippen molar-refractivity contribution in [3.8, 4) is 5.75 Å². The minimum atomic E-state index is -0.172. The van der Waals surface area contributed by atoms with Crippen LogP contribution in [0.15, 0.2) is 53.3 Å². The van der Waals surface area contributed by atoms with Crippen LogP contribution in [0.2, 0.25) is 0 Å². The quantitative estimate of drug-likeness (QED) is 0.718. The maximum absolute atomic E-state index is 12.2. The van der Waals surface area contributed by atoms with Gasteiger partial charge in [0.1, 0.15) is 5.75 Å². The van der Waals surface area contributed by atoms with Crippen molar-refractivity contribution in [2.75, 3.05) is 7.11 Å². The van der Waals surface area contributed by atoms with Crippen molar-refractivity contribution in [3.05, 3.63) is 75.6 Å².